The summed E-state index contributed by atoms with van der Waals surface area (Å²) >= 11 is 0. The van der Waals surface area contributed by atoms with E-state index in [-0.39, 0.29) is 0 Å². The number of nitrogens with zero attached hydrogens (tertiary/aromatic N) is 1. The molecule has 0 atom stereocenters. The maximum Gasteiger partial charge on any atom is 0.150 e. The first-order valence-electron chi connectivity index (χ1n) is 5.24. The van der Waals surface area contributed by atoms with E-state index in [1.807, 2.05) is 25.1 Å². The second-order valence-corrected chi connectivity index (χ2v) is 3.75. The molecule has 0 heterocycles. The number of nitriles is 1. The van der Waals surface area contributed by atoms with Gasteiger partial charge < -0.3 is 10.5 Å². The van der Waals surface area contributed by atoms with E-state index < -0.39 is 0 Å². The van der Waals surface area contributed by atoms with Crippen LogP contribution in [-0.2, 0) is 0 Å². The number of hydrogen-bond acceptors (Lipinski definition) is 3. The lowest BCUT2D eigenvalue weighted by atomic mass is 10.1. The highest BCUT2D eigenvalue weighted by Crippen LogP contribution is 2.29. The van der Waals surface area contributed by atoms with Gasteiger partial charge in [0.25, 0.3) is 0 Å². The van der Waals surface area contributed by atoms with Crippen molar-refractivity contribution in [1.29, 1.82) is 5.26 Å². The molecule has 2 rings (SSSR count). The Morgan fingerprint density at radius 3 is 2.59 bits per heavy atom. The van der Waals surface area contributed by atoms with Crippen LogP contribution < -0.4 is 10.5 Å². The summed E-state index contributed by atoms with van der Waals surface area (Å²) in [6, 6.07) is 14.8. The Balaban J connectivity index is 2.37. The summed E-state index contributed by atoms with van der Waals surface area (Å²) in [5.74, 6) is 1.09. The Morgan fingerprint density at radius 2 is 1.88 bits per heavy atom. The largest absolute Gasteiger partial charge is 0.454 e. The fraction of sp³-hybridized carbons (Fsp3) is 0.0714. The van der Waals surface area contributed by atoms with E-state index in [2.05, 4.69) is 6.07 Å². The minimum Gasteiger partial charge on any atom is -0.454 e. The molecule has 0 unspecified atom stereocenters. The maximum atomic E-state index is 9.03. The molecule has 84 valence electrons. The molecule has 0 fully saturated rings. The van der Waals surface area contributed by atoms with Crippen molar-refractivity contribution in [3.8, 4) is 17.6 Å². The van der Waals surface area contributed by atoms with Gasteiger partial charge in [-0.3, -0.25) is 0 Å². The predicted molar refractivity (Wildman–Crippen MR) is 66.8 cm³/mol. The molecule has 0 radical (unpaired) electrons. The Morgan fingerprint density at radius 1 is 1.12 bits per heavy atom. The zero-order valence-electron chi connectivity index (χ0n) is 9.47. The number of hydrogen-bond donors (Lipinski definition) is 1. The van der Waals surface area contributed by atoms with Crippen molar-refractivity contribution >= 4 is 5.69 Å². The van der Waals surface area contributed by atoms with Crippen LogP contribution in [0.15, 0.2) is 42.5 Å². The minimum atomic E-state index is 0.508. The number of rotatable bonds is 2. The third kappa shape index (κ3) is 2.37. The lowest BCUT2D eigenvalue weighted by Gasteiger charge is -2.09. The van der Waals surface area contributed by atoms with Gasteiger partial charge in [0.2, 0.25) is 0 Å². The van der Waals surface area contributed by atoms with Gasteiger partial charge in [0.05, 0.1) is 11.3 Å². The summed E-state index contributed by atoms with van der Waals surface area (Å²) in [7, 11) is 0. The molecule has 2 aromatic rings. The van der Waals surface area contributed by atoms with Crippen LogP contribution in [0, 0.1) is 18.3 Å². The van der Waals surface area contributed by atoms with Crippen LogP contribution in [0.5, 0.6) is 11.5 Å². The fourth-order valence-corrected chi connectivity index (χ4v) is 1.51. The van der Waals surface area contributed by atoms with Gasteiger partial charge in [-0.15, -0.1) is 0 Å². The molecular weight excluding hydrogens is 212 g/mol. The number of nitrogens with two attached hydrogens (primary N) is 1. The van der Waals surface area contributed by atoms with Crippen molar-refractivity contribution in [2.24, 2.45) is 0 Å². The van der Waals surface area contributed by atoms with Crippen LogP contribution in [0.3, 0.4) is 0 Å². The monoisotopic (exact) mass is 224 g/mol. The smallest absolute Gasteiger partial charge is 0.150 e. The Kier molecular flexibility index (Phi) is 2.97. The lowest BCUT2D eigenvalue weighted by molar-refractivity contribution is 0.483. The number of ether oxygens (including phenoxy) is 1. The van der Waals surface area contributed by atoms with E-state index in [9.17, 15) is 0 Å². The summed E-state index contributed by atoms with van der Waals surface area (Å²) in [6.45, 7) is 1.93. The van der Waals surface area contributed by atoms with Crippen LogP contribution >= 0.6 is 0 Å². The summed E-state index contributed by atoms with van der Waals surface area (Å²) in [5, 5.41) is 9.03. The third-order valence-corrected chi connectivity index (χ3v) is 2.39. The Bertz CT molecular complexity index is 585. The standard InChI is InChI=1S/C14H12N2O/c1-10-6-7-13(11(8-10)9-15)17-14-5-3-2-4-12(14)16/h2-8H,16H2,1H3. The average Bonchev–Trinajstić information content (AvgIpc) is 2.34. The highest BCUT2D eigenvalue weighted by molar-refractivity contribution is 5.55. The van der Waals surface area contributed by atoms with Crippen molar-refractivity contribution < 1.29 is 4.74 Å². The van der Waals surface area contributed by atoms with E-state index in [4.69, 9.17) is 15.7 Å². The molecule has 0 spiro atoms. The van der Waals surface area contributed by atoms with Gasteiger partial charge >= 0.3 is 0 Å². The average molecular weight is 224 g/mol. The quantitative estimate of drug-likeness (QED) is 0.796. The first-order chi connectivity index (χ1) is 8.20. The van der Waals surface area contributed by atoms with Gasteiger partial charge in [0, 0.05) is 0 Å². The molecule has 0 aliphatic rings. The van der Waals surface area contributed by atoms with E-state index in [1.165, 1.54) is 0 Å². The van der Waals surface area contributed by atoms with Crippen LogP contribution in [0.25, 0.3) is 0 Å². The van der Waals surface area contributed by atoms with Crippen molar-refractivity contribution in [2.75, 3.05) is 5.73 Å². The molecule has 2 N–H and O–H groups in total. The van der Waals surface area contributed by atoms with E-state index in [1.54, 1.807) is 24.3 Å². The topological polar surface area (TPSA) is 59.0 Å². The second-order valence-electron chi connectivity index (χ2n) is 3.75. The molecule has 0 saturated heterocycles. The zero-order chi connectivity index (χ0) is 12.3. The van der Waals surface area contributed by atoms with Gasteiger partial charge in [0.1, 0.15) is 17.6 Å². The predicted octanol–water partition coefficient (Wildman–Crippen LogP) is 3.24. The highest BCUT2D eigenvalue weighted by Gasteiger charge is 2.06. The van der Waals surface area contributed by atoms with Gasteiger partial charge in [-0.1, -0.05) is 18.2 Å². The molecule has 0 aromatic heterocycles. The van der Waals surface area contributed by atoms with Gasteiger partial charge in [-0.2, -0.15) is 5.26 Å². The number of nitrogen functional groups attached to an aromatic ring is 1. The maximum absolute atomic E-state index is 9.03. The zero-order valence-corrected chi connectivity index (χ0v) is 9.47. The van der Waals surface area contributed by atoms with Crippen LogP contribution in [0.1, 0.15) is 11.1 Å². The van der Waals surface area contributed by atoms with E-state index in [0.29, 0.717) is 22.7 Å². The minimum absolute atomic E-state index is 0.508. The summed E-state index contributed by atoms with van der Waals surface area (Å²) < 4.78 is 5.64. The number of benzene rings is 2. The number of aryl methyl sites for hydroxylation is 1. The first kappa shape index (κ1) is 11.0. The first-order valence-corrected chi connectivity index (χ1v) is 5.24. The second kappa shape index (κ2) is 4.58. The Labute approximate surface area is 100 Å². The van der Waals surface area contributed by atoms with E-state index in [0.717, 1.165) is 5.56 Å². The van der Waals surface area contributed by atoms with Crippen LogP contribution in [0.4, 0.5) is 5.69 Å². The molecule has 0 bridgehead atoms. The molecule has 0 aliphatic heterocycles. The fourth-order valence-electron chi connectivity index (χ4n) is 1.51. The van der Waals surface area contributed by atoms with Crippen LogP contribution in [-0.4, -0.2) is 0 Å². The lowest BCUT2D eigenvalue weighted by Crippen LogP contribution is -1.93. The van der Waals surface area contributed by atoms with Gasteiger partial charge in [-0.05, 0) is 36.8 Å². The highest BCUT2D eigenvalue weighted by atomic mass is 16.5. The van der Waals surface area contributed by atoms with Crippen LogP contribution in [0.2, 0.25) is 0 Å². The van der Waals surface area contributed by atoms with Crippen molar-refractivity contribution in [3.05, 3.63) is 53.6 Å². The van der Waals surface area contributed by atoms with Gasteiger partial charge in [-0.25, -0.2) is 0 Å². The molecule has 0 aliphatic carbocycles. The molecule has 3 heteroatoms. The molecule has 2 aromatic carbocycles. The Hall–Kier alpha value is -2.47. The number of para-hydroxylation sites is 2. The SMILES string of the molecule is Cc1ccc(Oc2ccccc2N)c(C#N)c1. The molecule has 3 nitrogen and oxygen atoms in total. The van der Waals surface area contributed by atoms with Crippen molar-refractivity contribution in [3.63, 3.8) is 0 Å². The molecule has 17 heavy (non-hydrogen) atoms. The van der Waals surface area contributed by atoms with Crippen molar-refractivity contribution in [2.45, 2.75) is 6.92 Å². The summed E-state index contributed by atoms with van der Waals surface area (Å²) in [6.07, 6.45) is 0. The van der Waals surface area contributed by atoms with Gasteiger partial charge in [0.15, 0.2) is 0 Å². The summed E-state index contributed by atoms with van der Waals surface area (Å²) in [4.78, 5) is 0. The molecular formula is C14H12N2O. The molecule has 0 saturated carbocycles. The number of anilines is 1. The normalized spacial score (nSPS) is 9.65. The molecule has 0 amide bonds. The summed E-state index contributed by atoms with van der Waals surface area (Å²) in [5.41, 5.74) is 7.87. The third-order valence-electron chi connectivity index (χ3n) is 2.39. The van der Waals surface area contributed by atoms with E-state index >= 15 is 0 Å². The van der Waals surface area contributed by atoms with Crippen molar-refractivity contribution in [1.82, 2.24) is 0 Å².